The number of ether oxygens (including phenoxy) is 1. The van der Waals surface area contributed by atoms with Gasteiger partial charge in [-0.1, -0.05) is 6.07 Å². The third-order valence-corrected chi connectivity index (χ3v) is 4.18. The smallest absolute Gasteiger partial charge is 0.143 e. The van der Waals surface area contributed by atoms with Crippen molar-refractivity contribution in [2.24, 2.45) is 12.8 Å². The Balaban J connectivity index is 2.38. The first-order valence-corrected chi connectivity index (χ1v) is 6.52. The van der Waals surface area contributed by atoms with Gasteiger partial charge in [0.05, 0.1) is 12.6 Å². The number of hydrogen-bond acceptors (Lipinski definition) is 2. The van der Waals surface area contributed by atoms with Crippen molar-refractivity contribution in [1.29, 1.82) is 0 Å². The molecule has 0 saturated carbocycles. The first-order valence-electron chi connectivity index (χ1n) is 6.52. The molecule has 1 aliphatic rings. The van der Waals surface area contributed by atoms with Crippen LogP contribution in [-0.2, 0) is 19.9 Å². The Morgan fingerprint density at radius 2 is 2.17 bits per heavy atom. The number of rotatable bonds is 1. The maximum Gasteiger partial charge on any atom is 0.143 e. The average Bonchev–Trinajstić information content (AvgIpc) is 2.65. The predicted molar refractivity (Wildman–Crippen MR) is 74.2 cm³/mol. The molecule has 0 saturated heterocycles. The van der Waals surface area contributed by atoms with Crippen LogP contribution in [0.2, 0.25) is 0 Å². The molecular weight excluding hydrogens is 224 g/mol. The zero-order valence-corrected chi connectivity index (χ0v) is 11.3. The number of nitrogens with zero attached hydrogens (tertiary/aromatic N) is 1. The SMILES string of the molecule is COc1ccc(C)c2c3c(n(C)c12)CC(N)CC3. The Bertz CT molecular complexity index is 613. The Labute approximate surface area is 108 Å². The summed E-state index contributed by atoms with van der Waals surface area (Å²) in [5.41, 5.74) is 11.5. The minimum atomic E-state index is 0.298. The largest absolute Gasteiger partial charge is 0.495 e. The second-order valence-electron chi connectivity index (χ2n) is 5.30. The maximum atomic E-state index is 6.10. The monoisotopic (exact) mass is 244 g/mol. The average molecular weight is 244 g/mol. The summed E-state index contributed by atoms with van der Waals surface area (Å²) in [5.74, 6) is 0.959. The van der Waals surface area contributed by atoms with Gasteiger partial charge in [0.2, 0.25) is 0 Å². The fraction of sp³-hybridized carbons (Fsp3) is 0.467. The highest BCUT2D eigenvalue weighted by atomic mass is 16.5. The normalized spacial score (nSPS) is 19.0. The number of fused-ring (bicyclic) bond motifs is 3. The lowest BCUT2D eigenvalue weighted by molar-refractivity contribution is 0.417. The summed E-state index contributed by atoms with van der Waals surface area (Å²) >= 11 is 0. The van der Waals surface area contributed by atoms with Crippen LogP contribution in [0.15, 0.2) is 12.1 Å². The van der Waals surface area contributed by atoms with Crippen molar-refractivity contribution in [2.75, 3.05) is 7.11 Å². The van der Waals surface area contributed by atoms with E-state index in [-0.39, 0.29) is 0 Å². The van der Waals surface area contributed by atoms with Crippen LogP contribution in [-0.4, -0.2) is 17.7 Å². The molecule has 3 nitrogen and oxygen atoms in total. The van der Waals surface area contributed by atoms with E-state index in [2.05, 4.69) is 30.7 Å². The molecule has 96 valence electrons. The van der Waals surface area contributed by atoms with Crippen LogP contribution in [0.4, 0.5) is 0 Å². The molecule has 0 aliphatic heterocycles. The lowest BCUT2D eigenvalue weighted by Gasteiger charge is -2.19. The van der Waals surface area contributed by atoms with Crippen LogP contribution >= 0.6 is 0 Å². The molecule has 0 amide bonds. The van der Waals surface area contributed by atoms with E-state index < -0.39 is 0 Å². The number of aryl methyl sites for hydroxylation is 3. The summed E-state index contributed by atoms with van der Waals surface area (Å²) in [6.07, 6.45) is 3.15. The lowest BCUT2D eigenvalue weighted by atomic mass is 9.91. The van der Waals surface area contributed by atoms with E-state index in [0.717, 1.165) is 25.0 Å². The quantitative estimate of drug-likeness (QED) is 0.836. The van der Waals surface area contributed by atoms with E-state index in [1.165, 1.54) is 27.7 Å². The van der Waals surface area contributed by atoms with Gasteiger partial charge in [-0.3, -0.25) is 0 Å². The summed E-state index contributed by atoms with van der Waals surface area (Å²) in [4.78, 5) is 0. The van der Waals surface area contributed by atoms with E-state index in [1.807, 2.05) is 0 Å². The molecule has 1 atom stereocenters. The standard InChI is InChI=1S/C15H20N2O/c1-9-4-7-13(18-3)15-14(9)11-6-5-10(16)8-12(11)17(15)2/h4,7,10H,5-6,8,16H2,1-3H3. The molecule has 0 spiro atoms. The number of nitrogens with two attached hydrogens (primary N) is 1. The number of aromatic nitrogens is 1. The topological polar surface area (TPSA) is 40.2 Å². The predicted octanol–water partition coefficient (Wildman–Crippen LogP) is 2.31. The Kier molecular flexibility index (Phi) is 2.59. The first-order chi connectivity index (χ1) is 8.63. The highest BCUT2D eigenvalue weighted by Gasteiger charge is 2.24. The highest BCUT2D eigenvalue weighted by molar-refractivity contribution is 5.93. The molecule has 0 fully saturated rings. The van der Waals surface area contributed by atoms with E-state index in [1.54, 1.807) is 7.11 Å². The number of methoxy groups -OCH3 is 1. The Morgan fingerprint density at radius 3 is 2.89 bits per heavy atom. The lowest BCUT2D eigenvalue weighted by Crippen LogP contribution is -2.28. The zero-order chi connectivity index (χ0) is 12.9. The second-order valence-corrected chi connectivity index (χ2v) is 5.30. The molecule has 3 heteroatoms. The van der Waals surface area contributed by atoms with Gasteiger partial charge in [-0.15, -0.1) is 0 Å². The molecule has 1 unspecified atom stereocenters. The third kappa shape index (κ3) is 1.47. The Morgan fingerprint density at radius 1 is 1.39 bits per heavy atom. The third-order valence-electron chi connectivity index (χ3n) is 4.18. The summed E-state index contributed by atoms with van der Waals surface area (Å²) in [6.45, 7) is 2.18. The molecule has 2 N–H and O–H groups in total. The molecule has 1 heterocycles. The minimum absolute atomic E-state index is 0.298. The highest BCUT2D eigenvalue weighted by Crippen LogP contribution is 2.37. The Hall–Kier alpha value is -1.48. The molecular formula is C15H20N2O. The molecule has 1 aromatic heterocycles. The number of benzene rings is 1. The molecule has 1 aliphatic carbocycles. The van der Waals surface area contributed by atoms with Crippen LogP contribution in [0.5, 0.6) is 5.75 Å². The van der Waals surface area contributed by atoms with Crippen LogP contribution in [0.25, 0.3) is 10.9 Å². The zero-order valence-electron chi connectivity index (χ0n) is 11.3. The van der Waals surface area contributed by atoms with Gasteiger partial charge in [-0.2, -0.15) is 0 Å². The summed E-state index contributed by atoms with van der Waals surface area (Å²) in [6, 6.07) is 4.51. The fourth-order valence-corrected chi connectivity index (χ4v) is 3.24. The first kappa shape index (κ1) is 11.6. The van der Waals surface area contributed by atoms with Crippen LogP contribution < -0.4 is 10.5 Å². The van der Waals surface area contributed by atoms with Crippen molar-refractivity contribution < 1.29 is 4.74 Å². The van der Waals surface area contributed by atoms with Gasteiger partial charge in [0.1, 0.15) is 5.75 Å². The van der Waals surface area contributed by atoms with Gasteiger partial charge in [0, 0.05) is 30.6 Å². The van der Waals surface area contributed by atoms with Crippen molar-refractivity contribution >= 4 is 10.9 Å². The molecule has 3 rings (SSSR count). The van der Waals surface area contributed by atoms with E-state index >= 15 is 0 Å². The van der Waals surface area contributed by atoms with Crippen molar-refractivity contribution in [3.63, 3.8) is 0 Å². The van der Waals surface area contributed by atoms with Crippen molar-refractivity contribution in [3.8, 4) is 5.75 Å². The van der Waals surface area contributed by atoms with Gasteiger partial charge >= 0.3 is 0 Å². The van der Waals surface area contributed by atoms with Gasteiger partial charge in [0.15, 0.2) is 0 Å². The molecule has 1 aromatic carbocycles. The summed E-state index contributed by atoms with van der Waals surface area (Å²) in [5, 5.41) is 1.37. The van der Waals surface area contributed by atoms with Crippen LogP contribution in [0.3, 0.4) is 0 Å². The van der Waals surface area contributed by atoms with Crippen LogP contribution in [0.1, 0.15) is 23.2 Å². The molecule has 0 radical (unpaired) electrons. The summed E-state index contributed by atoms with van der Waals surface area (Å²) < 4.78 is 7.79. The van der Waals surface area contributed by atoms with Gasteiger partial charge in [-0.05, 0) is 37.0 Å². The van der Waals surface area contributed by atoms with E-state index in [0.29, 0.717) is 6.04 Å². The summed E-state index contributed by atoms with van der Waals surface area (Å²) in [7, 11) is 3.86. The van der Waals surface area contributed by atoms with E-state index in [9.17, 15) is 0 Å². The van der Waals surface area contributed by atoms with Crippen molar-refractivity contribution in [3.05, 3.63) is 29.0 Å². The fourth-order valence-electron chi connectivity index (χ4n) is 3.24. The second kappa shape index (κ2) is 4.02. The molecule has 2 aromatic rings. The van der Waals surface area contributed by atoms with Gasteiger partial charge in [0.25, 0.3) is 0 Å². The molecule has 0 bridgehead atoms. The number of hydrogen-bond donors (Lipinski definition) is 1. The van der Waals surface area contributed by atoms with E-state index in [4.69, 9.17) is 10.5 Å². The van der Waals surface area contributed by atoms with Gasteiger partial charge in [-0.25, -0.2) is 0 Å². The molecule has 18 heavy (non-hydrogen) atoms. The maximum absolute atomic E-state index is 6.10. The van der Waals surface area contributed by atoms with Crippen molar-refractivity contribution in [2.45, 2.75) is 32.2 Å². The van der Waals surface area contributed by atoms with Crippen molar-refractivity contribution in [1.82, 2.24) is 4.57 Å². The van der Waals surface area contributed by atoms with Gasteiger partial charge < -0.3 is 15.0 Å². The minimum Gasteiger partial charge on any atom is -0.495 e. The van der Waals surface area contributed by atoms with Crippen LogP contribution in [0, 0.1) is 6.92 Å².